The first kappa shape index (κ1) is 22.9. The van der Waals surface area contributed by atoms with Gasteiger partial charge in [-0.2, -0.15) is 0 Å². The first-order valence-electron chi connectivity index (χ1n) is 10.0. The summed E-state index contributed by atoms with van der Waals surface area (Å²) in [7, 11) is 0.391. The Morgan fingerprint density at radius 2 is 1.36 bits per heavy atom. The van der Waals surface area contributed by atoms with Gasteiger partial charge in [0.05, 0.1) is 8.07 Å². The SMILES string of the molecule is CNc1ccc([Si](C)(C)CSc2cc(C(C)(C)C)c(O)c(C(C)(C)C)c2)cc1. The second-order valence-electron chi connectivity index (χ2n) is 10.4. The van der Waals surface area contributed by atoms with Crippen molar-refractivity contribution in [3.8, 4) is 5.75 Å². The molecular formula is C24H37NOSSi. The van der Waals surface area contributed by atoms with Gasteiger partial charge in [-0.05, 0) is 40.5 Å². The Morgan fingerprint density at radius 1 is 0.893 bits per heavy atom. The number of aromatic hydroxyl groups is 1. The normalized spacial score (nSPS) is 12.9. The third-order valence-corrected chi connectivity index (χ3v) is 11.2. The van der Waals surface area contributed by atoms with E-state index < -0.39 is 8.07 Å². The lowest BCUT2D eigenvalue weighted by Gasteiger charge is -2.29. The van der Waals surface area contributed by atoms with Crippen molar-refractivity contribution in [1.29, 1.82) is 0 Å². The molecule has 0 amide bonds. The molecule has 0 heterocycles. The minimum Gasteiger partial charge on any atom is -0.507 e. The lowest BCUT2D eigenvalue weighted by atomic mass is 9.79. The maximum atomic E-state index is 10.9. The van der Waals surface area contributed by atoms with Crippen LogP contribution >= 0.6 is 11.8 Å². The van der Waals surface area contributed by atoms with Crippen molar-refractivity contribution in [2.24, 2.45) is 0 Å². The lowest BCUT2D eigenvalue weighted by molar-refractivity contribution is 0.422. The highest BCUT2D eigenvalue weighted by atomic mass is 32.2. The number of anilines is 1. The molecule has 0 aliphatic heterocycles. The molecule has 0 atom stereocenters. The zero-order chi connectivity index (χ0) is 21.3. The molecule has 0 aromatic heterocycles. The molecule has 0 saturated heterocycles. The number of thioether (sulfide) groups is 1. The van der Waals surface area contributed by atoms with Crippen molar-refractivity contribution in [2.75, 3.05) is 17.7 Å². The van der Waals surface area contributed by atoms with Crippen LogP contribution in [0.15, 0.2) is 41.3 Å². The summed E-state index contributed by atoms with van der Waals surface area (Å²) in [5.74, 6) is 0.462. The van der Waals surface area contributed by atoms with Gasteiger partial charge in [-0.1, -0.05) is 72.0 Å². The van der Waals surface area contributed by atoms with Gasteiger partial charge in [0, 0.05) is 28.8 Å². The number of hydrogen-bond donors (Lipinski definition) is 2. The number of nitrogens with one attached hydrogen (secondary N) is 1. The van der Waals surface area contributed by atoms with Crippen LogP contribution in [0.5, 0.6) is 5.75 Å². The number of hydrogen-bond acceptors (Lipinski definition) is 3. The van der Waals surface area contributed by atoms with Crippen molar-refractivity contribution in [2.45, 2.75) is 70.4 Å². The van der Waals surface area contributed by atoms with Crippen molar-refractivity contribution in [3.05, 3.63) is 47.5 Å². The molecule has 0 bridgehead atoms. The molecule has 2 aromatic carbocycles. The van der Waals surface area contributed by atoms with E-state index in [4.69, 9.17) is 0 Å². The third-order valence-electron chi connectivity index (χ3n) is 5.25. The number of rotatable bonds is 5. The smallest absolute Gasteiger partial charge is 0.123 e. The quantitative estimate of drug-likeness (QED) is 0.445. The van der Waals surface area contributed by atoms with E-state index in [2.05, 4.69) is 96.4 Å². The molecule has 0 fully saturated rings. The molecule has 0 saturated carbocycles. The molecule has 4 heteroatoms. The van der Waals surface area contributed by atoms with Crippen LogP contribution in [0.2, 0.25) is 13.1 Å². The van der Waals surface area contributed by atoms with Crippen LogP contribution in [0, 0.1) is 0 Å². The summed E-state index contributed by atoms with van der Waals surface area (Å²) in [6.07, 6.45) is 0. The van der Waals surface area contributed by atoms with Crippen LogP contribution in [0.1, 0.15) is 52.7 Å². The van der Waals surface area contributed by atoms with E-state index in [-0.39, 0.29) is 10.8 Å². The van der Waals surface area contributed by atoms with Gasteiger partial charge in [0.1, 0.15) is 5.75 Å². The maximum absolute atomic E-state index is 10.9. The van der Waals surface area contributed by atoms with E-state index >= 15 is 0 Å². The van der Waals surface area contributed by atoms with Gasteiger partial charge in [-0.15, -0.1) is 11.8 Å². The molecule has 2 nitrogen and oxygen atoms in total. The first-order valence-corrected chi connectivity index (χ1v) is 14.2. The minimum absolute atomic E-state index is 0.0867. The van der Waals surface area contributed by atoms with Crippen molar-refractivity contribution in [3.63, 3.8) is 0 Å². The summed E-state index contributed by atoms with van der Waals surface area (Å²) in [6, 6.07) is 13.3. The highest BCUT2D eigenvalue weighted by Gasteiger charge is 2.28. The summed E-state index contributed by atoms with van der Waals surface area (Å²) in [4.78, 5) is 1.26. The van der Waals surface area contributed by atoms with E-state index in [0.717, 1.165) is 22.2 Å². The van der Waals surface area contributed by atoms with E-state index in [1.54, 1.807) is 0 Å². The zero-order valence-corrected chi connectivity index (χ0v) is 20.8. The fraction of sp³-hybridized carbons (Fsp3) is 0.500. The zero-order valence-electron chi connectivity index (χ0n) is 19.0. The van der Waals surface area contributed by atoms with E-state index in [9.17, 15) is 5.11 Å². The standard InChI is InChI=1S/C24H37NOSSi/c1-23(2,3)20-14-18(15-21(22(20)26)24(4,5)6)27-16-28(8,9)19-12-10-17(25-7)11-13-19/h10-15,25-26H,16H2,1-9H3. The van der Waals surface area contributed by atoms with Crippen LogP contribution in [0.25, 0.3) is 0 Å². The van der Waals surface area contributed by atoms with E-state index in [0.29, 0.717) is 5.75 Å². The minimum atomic E-state index is -1.57. The average molecular weight is 416 g/mol. The molecule has 2 rings (SSSR count). The van der Waals surface area contributed by atoms with Gasteiger partial charge in [-0.25, -0.2) is 0 Å². The van der Waals surface area contributed by atoms with Crippen LogP contribution < -0.4 is 10.5 Å². The fourth-order valence-electron chi connectivity index (χ4n) is 3.27. The summed E-state index contributed by atoms with van der Waals surface area (Å²) in [5.41, 5.74) is 3.07. The average Bonchev–Trinajstić information content (AvgIpc) is 2.59. The van der Waals surface area contributed by atoms with Gasteiger partial charge in [0.25, 0.3) is 0 Å². The van der Waals surface area contributed by atoms with Crippen LogP contribution in [0.4, 0.5) is 5.69 Å². The largest absolute Gasteiger partial charge is 0.507 e. The van der Waals surface area contributed by atoms with Gasteiger partial charge in [-0.3, -0.25) is 0 Å². The summed E-state index contributed by atoms with van der Waals surface area (Å²) in [5, 5.41) is 16.7. The Morgan fingerprint density at radius 3 is 1.75 bits per heavy atom. The first-order chi connectivity index (χ1) is 12.8. The molecule has 28 heavy (non-hydrogen) atoms. The Hall–Kier alpha value is -1.39. The molecule has 0 spiro atoms. The fourth-order valence-corrected chi connectivity index (χ4v) is 7.52. The second kappa shape index (κ2) is 8.15. The third kappa shape index (κ3) is 5.35. The van der Waals surface area contributed by atoms with Crippen LogP contribution in [-0.4, -0.2) is 25.6 Å². The predicted octanol–water partition coefficient (Wildman–Crippen LogP) is 6.28. The van der Waals surface area contributed by atoms with Crippen molar-refractivity contribution >= 4 is 30.7 Å². The van der Waals surface area contributed by atoms with Crippen LogP contribution in [0.3, 0.4) is 0 Å². The number of benzene rings is 2. The summed E-state index contributed by atoms with van der Waals surface area (Å²) >= 11 is 1.94. The highest BCUT2D eigenvalue weighted by Crippen LogP contribution is 2.42. The second-order valence-corrected chi connectivity index (χ2v) is 16.6. The maximum Gasteiger partial charge on any atom is 0.123 e. The molecular weight excluding hydrogens is 378 g/mol. The molecule has 0 radical (unpaired) electrons. The lowest BCUT2D eigenvalue weighted by Crippen LogP contribution is -2.44. The van der Waals surface area contributed by atoms with Crippen molar-refractivity contribution in [1.82, 2.24) is 0 Å². The Balaban J connectivity index is 2.34. The summed E-state index contributed by atoms with van der Waals surface area (Å²) in [6.45, 7) is 17.9. The van der Waals surface area contributed by atoms with E-state index in [1.165, 1.54) is 10.1 Å². The predicted molar refractivity (Wildman–Crippen MR) is 129 cm³/mol. The van der Waals surface area contributed by atoms with Gasteiger partial charge in [0.15, 0.2) is 0 Å². The monoisotopic (exact) mass is 415 g/mol. The number of phenols is 1. The van der Waals surface area contributed by atoms with Gasteiger partial charge < -0.3 is 10.4 Å². The highest BCUT2D eigenvalue weighted by molar-refractivity contribution is 8.01. The Labute approximate surface area is 177 Å². The molecule has 0 aliphatic rings. The van der Waals surface area contributed by atoms with Gasteiger partial charge >= 0.3 is 0 Å². The number of phenolic OH excluding ortho intramolecular Hbond substituents is 1. The van der Waals surface area contributed by atoms with E-state index in [1.807, 2.05) is 18.8 Å². The molecule has 0 aliphatic carbocycles. The molecule has 2 N–H and O–H groups in total. The Bertz CT molecular complexity index is 779. The summed E-state index contributed by atoms with van der Waals surface area (Å²) < 4.78 is 0. The molecule has 0 unspecified atom stereocenters. The molecule has 154 valence electrons. The topological polar surface area (TPSA) is 32.3 Å². The molecule has 2 aromatic rings. The van der Waals surface area contributed by atoms with Crippen LogP contribution in [-0.2, 0) is 10.8 Å². The van der Waals surface area contributed by atoms with Crippen molar-refractivity contribution < 1.29 is 5.11 Å². The van der Waals surface area contributed by atoms with Gasteiger partial charge in [0.2, 0.25) is 0 Å². The Kier molecular flexibility index (Phi) is 6.67.